The molecular weight excluding hydrogens is 262 g/mol. The van der Waals surface area contributed by atoms with E-state index in [1.165, 1.54) is 38.5 Å². The molecule has 1 heterocycles. The zero-order chi connectivity index (χ0) is 15.1. The van der Waals surface area contributed by atoms with Crippen LogP contribution in [0.25, 0.3) is 0 Å². The van der Waals surface area contributed by atoms with E-state index >= 15 is 0 Å². The lowest BCUT2D eigenvalue weighted by atomic mass is 9.89. The van der Waals surface area contributed by atoms with Gasteiger partial charge in [-0.15, -0.1) is 0 Å². The van der Waals surface area contributed by atoms with Crippen molar-refractivity contribution in [2.45, 2.75) is 76.8 Å². The zero-order valence-electron chi connectivity index (χ0n) is 13.7. The summed E-state index contributed by atoms with van der Waals surface area (Å²) in [6.07, 6.45) is 11.1. The van der Waals surface area contributed by atoms with E-state index in [2.05, 4.69) is 17.1 Å². The Bertz CT molecular complexity index is 313. The molecule has 0 aromatic carbocycles. The molecule has 2 fully saturated rings. The predicted octanol–water partition coefficient (Wildman–Crippen LogP) is 2.27. The van der Waals surface area contributed by atoms with E-state index in [0.717, 1.165) is 31.7 Å². The number of amides is 1. The molecule has 0 aromatic heterocycles. The normalized spacial score (nSPS) is 29.0. The van der Waals surface area contributed by atoms with Crippen LogP contribution >= 0.6 is 0 Å². The summed E-state index contributed by atoms with van der Waals surface area (Å²) in [6.45, 7) is 4.49. The van der Waals surface area contributed by atoms with Crippen molar-refractivity contribution >= 4 is 5.91 Å². The van der Waals surface area contributed by atoms with Gasteiger partial charge in [0.15, 0.2) is 0 Å². The van der Waals surface area contributed by atoms with Gasteiger partial charge >= 0.3 is 0 Å². The molecule has 4 heteroatoms. The Hall–Kier alpha value is -0.610. The van der Waals surface area contributed by atoms with Crippen LogP contribution in [0.3, 0.4) is 0 Å². The highest BCUT2D eigenvalue weighted by molar-refractivity contribution is 5.78. The summed E-state index contributed by atoms with van der Waals surface area (Å²) >= 11 is 0. The topological polar surface area (TPSA) is 58.4 Å². The second-order valence-corrected chi connectivity index (χ2v) is 6.91. The molecule has 21 heavy (non-hydrogen) atoms. The van der Waals surface area contributed by atoms with Crippen molar-refractivity contribution in [3.8, 4) is 0 Å². The van der Waals surface area contributed by atoms with Crippen LogP contribution in [0.5, 0.6) is 0 Å². The fourth-order valence-electron chi connectivity index (χ4n) is 3.89. The van der Waals surface area contributed by atoms with Crippen LogP contribution < -0.4 is 11.1 Å². The maximum atomic E-state index is 12.3. The summed E-state index contributed by atoms with van der Waals surface area (Å²) in [5.41, 5.74) is 5.92. The Morgan fingerprint density at radius 1 is 1.19 bits per heavy atom. The standard InChI is InChI=1S/C17H33N3O/c1-2-14-9-10-20(16(11-14)12-18)13-17(21)19-15-7-5-3-4-6-8-15/h14-16H,2-13,18H2,1H3,(H,19,21). The van der Waals surface area contributed by atoms with E-state index in [9.17, 15) is 4.79 Å². The van der Waals surface area contributed by atoms with Gasteiger partial charge in [0.2, 0.25) is 5.91 Å². The number of likely N-dealkylation sites (tertiary alicyclic amines) is 1. The van der Waals surface area contributed by atoms with Crippen molar-refractivity contribution in [3.05, 3.63) is 0 Å². The Balaban J connectivity index is 1.78. The minimum absolute atomic E-state index is 0.204. The number of hydrogen-bond donors (Lipinski definition) is 2. The first-order valence-corrected chi connectivity index (χ1v) is 8.96. The fraction of sp³-hybridized carbons (Fsp3) is 0.941. The molecule has 3 N–H and O–H groups in total. The average Bonchev–Trinajstić information content (AvgIpc) is 2.76. The van der Waals surface area contributed by atoms with Crippen LogP contribution in [0.4, 0.5) is 0 Å². The molecular formula is C17H33N3O. The number of nitrogens with one attached hydrogen (secondary N) is 1. The van der Waals surface area contributed by atoms with E-state index in [1.807, 2.05) is 0 Å². The number of nitrogens with two attached hydrogens (primary N) is 1. The van der Waals surface area contributed by atoms with Crippen LogP contribution in [-0.2, 0) is 4.79 Å². The minimum atomic E-state index is 0.204. The van der Waals surface area contributed by atoms with Crippen LogP contribution in [0, 0.1) is 5.92 Å². The lowest BCUT2D eigenvalue weighted by Gasteiger charge is -2.38. The summed E-state index contributed by atoms with van der Waals surface area (Å²) in [5, 5.41) is 3.25. The van der Waals surface area contributed by atoms with Crippen LogP contribution in [0.2, 0.25) is 0 Å². The molecule has 1 saturated heterocycles. The second-order valence-electron chi connectivity index (χ2n) is 6.91. The predicted molar refractivity (Wildman–Crippen MR) is 87.1 cm³/mol. The van der Waals surface area contributed by atoms with Gasteiger partial charge < -0.3 is 11.1 Å². The fourth-order valence-corrected chi connectivity index (χ4v) is 3.89. The van der Waals surface area contributed by atoms with Crippen molar-refractivity contribution in [1.82, 2.24) is 10.2 Å². The molecule has 2 aliphatic rings. The monoisotopic (exact) mass is 295 g/mol. The van der Waals surface area contributed by atoms with E-state index < -0.39 is 0 Å². The first-order valence-electron chi connectivity index (χ1n) is 8.96. The van der Waals surface area contributed by atoms with Crippen LogP contribution in [-0.4, -0.2) is 42.5 Å². The zero-order valence-corrected chi connectivity index (χ0v) is 13.7. The molecule has 2 rings (SSSR count). The number of piperidine rings is 1. The molecule has 2 unspecified atom stereocenters. The maximum Gasteiger partial charge on any atom is 0.234 e. The molecule has 1 amide bonds. The molecule has 0 bridgehead atoms. The van der Waals surface area contributed by atoms with Gasteiger partial charge in [-0.2, -0.15) is 0 Å². The van der Waals surface area contributed by atoms with E-state index in [0.29, 0.717) is 25.2 Å². The largest absolute Gasteiger partial charge is 0.352 e. The summed E-state index contributed by atoms with van der Waals surface area (Å²) < 4.78 is 0. The molecule has 0 spiro atoms. The highest BCUT2D eigenvalue weighted by Crippen LogP contribution is 2.24. The van der Waals surface area contributed by atoms with Gasteiger partial charge in [0.25, 0.3) is 0 Å². The lowest BCUT2D eigenvalue weighted by Crippen LogP contribution is -2.51. The number of nitrogens with zero attached hydrogens (tertiary/aromatic N) is 1. The Labute approximate surface area is 129 Å². The van der Waals surface area contributed by atoms with Crippen molar-refractivity contribution < 1.29 is 4.79 Å². The molecule has 2 atom stereocenters. The number of rotatable bonds is 5. The Kier molecular flexibility index (Phi) is 6.97. The summed E-state index contributed by atoms with van der Waals surface area (Å²) in [5.74, 6) is 0.995. The second kappa shape index (κ2) is 8.74. The number of carbonyl (C=O) groups is 1. The van der Waals surface area contributed by atoms with Gasteiger partial charge in [-0.3, -0.25) is 9.69 Å². The van der Waals surface area contributed by atoms with Gasteiger partial charge in [0, 0.05) is 18.6 Å². The number of hydrogen-bond acceptors (Lipinski definition) is 3. The summed E-state index contributed by atoms with van der Waals surface area (Å²) in [7, 11) is 0. The summed E-state index contributed by atoms with van der Waals surface area (Å²) in [4.78, 5) is 14.6. The third-order valence-electron chi connectivity index (χ3n) is 5.36. The molecule has 0 radical (unpaired) electrons. The third kappa shape index (κ3) is 5.26. The average molecular weight is 295 g/mol. The van der Waals surface area contributed by atoms with E-state index in [4.69, 9.17) is 5.73 Å². The Morgan fingerprint density at radius 2 is 1.90 bits per heavy atom. The highest BCUT2D eigenvalue weighted by Gasteiger charge is 2.28. The molecule has 4 nitrogen and oxygen atoms in total. The molecule has 1 saturated carbocycles. The quantitative estimate of drug-likeness (QED) is 0.765. The van der Waals surface area contributed by atoms with Gasteiger partial charge in [-0.1, -0.05) is 39.0 Å². The van der Waals surface area contributed by atoms with E-state index in [1.54, 1.807) is 0 Å². The first kappa shape index (κ1) is 16.8. The van der Waals surface area contributed by atoms with Crippen molar-refractivity contribution in [3.63, 3.8) is 0 Å². The smallest absolute Gasteiger partial charge is 0.234 e. The molecule has 0 aromatic rings. The molecule has 1 aliphatic carbocycles. The SMILES string of the molecule is CCC1CCN(CC(=O)NC2CCCCCC2)C(CN)C1. The van der Waals surface area contributed by atoms with Crippen LogP contribution in [0.1, 0.15) is 64.7 Å². The van der Waals surface area contributed by atoms with Gasteiger partial charge in [-0.05, 0) is 38.1 Å². The highest BCUT2D eigenvalue weighted by atomic mass is 16.2. The molecule has 122 valence electrons. The van der Waals surface area contributed by atoms with Gasteiger partial charge in [0.1, 0.15) is 0 Å². The minimum Gasteiger partial charge on any atom is -0.352 e. The molecule has 1 aliphatic heterocycles. The number of carbonyl (C=O) groups excluding carboxylic acids is 1. The Morgan fingerprint density at radius 3 is 2.52 bits per heavy atom. The van der Waals surface area contributed by atoms with Crippen LogP contribution in [0.15, 0.2) is 0 Å². The van der Waals surface area contributed by atoms with Crippen molar-refractivity contribution in [2.75, 3.05) is 19.6 Å². The van der Waals surface area contributed by atoms with E-state index in [-0.39, 0.29) is 5.91 Å². The van der Waals surface area contributed by atoms with Gasteiger partial charge in [-0.25, -0.2) is 0 Å². The summed E-state index contributed by atoms with van der Waals surface area (Å²) in [6, 6.07) is 0.799. The van der Waals surface area contributed by atoms with Crippen molar-refractivity contribution in [1.29, 1.82) is 0 Å². The third-order valence-corrected chi connectivity index (χ3v) is 5.36. The first-order chi connectivity index (χ1) is 10.2. The van der Waals surface area contributed by atoms with Crippen molar-refractivity contribution in [2.24, 2.45) is 11.7 Å². The lowest BCUT2D eigenvalue weighted by molar-refractivity contribution is -0.124. The maximum absolute atomic E-state index is 12.3. The van der Waals surface area contributed by atoms with Gasteiger partial charge in [0.05, 0.1) is 6.54 Å².